The third-order valence-corrected chi connectivity index (χ3v) is 2.45. The van der Waals surface area contributed by atoms with Gasteiger partial charge < -0.3 is 5.32 Å². The summed E-state index contributed by atoms with van der Waals surface area (Å²) in [5, 5.41) is 3.15. The highest BCUT2D eigenvalue weighted by Crippen LogP contribution is 2.28. The molecular weight excluding hydrogens is 153 g/mol. The first-order chi connectivity index (χ1) is 5.77. The lowest BCUT2D eigenvalue weighted by molar-refractivity contribution is 0.103. The Morgan fingerprint density at radius 3 is 2.67 bits per heavy atom. The van der Waals surface area contributed by atoms with E-state index in [1.54, 1.807) is 0 Å². The van der Waals surface area contributed by atoms with Gasteiger partial charge in [0, 0.05) is 6.42 Å². The quantitative estimate of drug-likeness (QED) is 0.502. The molecule has 0 spiro atoms. The second-order valence-corrected chi connectivity index (χ2v) is 3.46. The van der Waals surface area contributed by atoms with Crippen LogP contribution in [0.4, 0.5) is 4.39 Å². The van der Waals surface area contributed by atoms with Crippen LogP contribution in [0.2, 0.25) is 0 Å². The summed E-state index contributed by atoms with van der Waals surface area (Å²) in [5.74, 6) is 2.54. The Kier molecular flexibility index (Phi) is 3.55. The van der Waals surface area contributed by atoms with Crippen molar-refractivity contribution < 1.29 is 4.39 Å². The van der Waals surface area contributed by atoms with Crippen LogP contribution in [0.1, 0.15) is 32.1 Å². The maximum Gasteiger partial charge on any atom is 0.113 e. The predicted octanol–water partition coefficient (Wildman–Crippen LogP) is 1.88. The number of unbranched alkanes of at least 4 members (excludes halogenated alkanes) is 1. The first-order valence-electron chi connectivity index (χ1n) is 4.60. The van der Waals surface area contributed by atoms with Crippen LogP contribution in [0.25, 0.3) is 0 Å². The molecule has 1 fully saturated rings. The summed E-state index contributed by atoms with van der Waals surface area (Å²) >= 11 is 0. The van der Waals surface area contributed by atoms with Crippen molar-refractivity contribution in [2.75, 3.05) is 13.1 Å². The lowest BCUT2D eigenvalue weighted by Gasteiger charge is -2.29. The fraction of sp³-hybridized carbons (Fsp3) is 0.800. The van der Waals surface area contributed by atoms with Gasteiger partial charge in [-0.2, -0.15) is 0 Å². The molecule has 0 aromatic carbocycles. The van der Waals surface area contributed by atoms with Crippen LogP contribution in [0.15, 0.2) is 0 Å². The Bertz CT molecular complexity index is 165. The molecule has 1 rings (SSSR count). The number of alkyl halides is 1. The molecule has 0 aromatic heterocycles. The first-order valence-corrected chi connectivity index (χ1v) is 4.60. The minimum absolute atomic E-state index is 0.638. The second-order valence-electron chi connectivity index (χ2n) is 3.46. The van der Waals surface area contributed by atoms with Gasteiger partial charge in [-0.25, -0.2) is 4.39 Å². The molecule has 1 nitrogen and oxygen atoms in total. The third-order valence-electron chi connectivity index (χ3n) is 2.45. The number of rotatable bonds is 3. The van der Waals surface area contributed by atoms with Crippen LogP contribution in [-0.2, 0) is 0 Å². The molecule has 1 aliphatic rings. The van der Waals surface area contributed by atoms with E-state index in [9.17, 15) is 4.39 Å². The van der Waals surface area contributed by atoms with Crippen molar-refractivity contribution in [1.82, 2.24) is 5.32 Å². The zero-order chi connectivity index (χ0) is 8.86. The molecule has 0 atom stereocenters. The normalized spacial score (nSPS) is 21.7. The molecule has 0 amide bonds. The molecule has 1 saturated heterocycles. The van der Waals surface area contributed by atoms with Crippen LogP contribution in [-0.4, -0.2) is 18.8 Å². The number of hydrogen-bond donors (Lipinski definition) is 1. The number of nitrogens with one attached hydrogen (secondary N) is 1. The second kappa shape index (κ2) is 4.47. The van der Waals surface area contributed by atoms with Gasteiger partial charge in [-0.05, 0) is 38.8 Å². The van der Waals surface area contributed by atoms with Crippen LogP contribution >= 0.6 is 0 Å². The van der Waals surface area contributed by atoms with Gasteiger partial charge in [-0.15, -0.1) is 12.3 Å². The molecule has 1 aliphatic heterocycles. The Balaban J connectivity index is 2.23. The summed E-state index contributed by atoms with van der Waals surface area (Å²) in [4.78, 5) is 0. The van der Waals surface area contributed by atoms with Crippen molar-refractivity contribution in [3.8, 4) is 12.3 Å². The lowest BCUT2D eigenvalue weighted by atomic mass is 9.89. The summed E-state index contributed by atoms with van der Waals surface area (Å²) in [5.41, 5.74) is -0.928. The van der Waals surface area contributed by atoms with E-state index in [2.05, 4.69) is 11.2 Å². The Hall–Kier alpha value is -0.550. The van der Waals surface area contributed by atoms with Gasteiger partial charge in [-0.3, -0.25) is 0 Å². The molecule has 12 heavy (non-hydrogen) atoms. The largest absolute Gasteiger partial charge is 0.316 e. The van der Waals surface area contributed by atoms with Crippen LogP contribution in [0.5, 0.6) is 0 Å². The number of terminal acetylenes is 1. The Labute approximate surface area is 73.7 Å². The first kappa shape index (κ1) is 9.54. The highest BCUT2D eigenvalue weighted by atomic mass is 19.1. The molecule has 2 heteroatoms. The molecule has 0 radical (unpaired) electrons. The van der Waals surface area contributed by atoms with Crippen molar-refractivity contribution in [2.24, 2.45) is 0 Å². The van der Waals surface area contributed by atoms with Crippen LogP contribution < -0.4 is 5.32 Å². The topological polar surface area (TPSA) is 12.0 Å². The molecular formula is C10H16FN. The highest BCUT2D eigenvalue weighted by molar-refractivity contribution is 4.88. The molecule has 1 heterocycles. The average Bonchev–Trinajstić information content (AvgIpc) is 2.06. The van der Waals surface area contributed by atoms with E-state index >= 15 is 0 Å². The average molecular weight is 169 g/mol. The fourth-order valence-corrected chi connectivity index (χ4v) is 1.63. The van der Waals surface area contributed by atoms with Crippen molar-refractivity contribution in [1.29, 1.82) is 0 Å². The summed E-state index contributed by atoms with van der Waals surface area (Å²) in [6.45, 7) is 1.62. The van der Waals surface area contributed by atoms with Gasteiger partial charge in [0.2, 0.25) is 0 Å². The van der Waals surface area contributed by atoms with Crippen molar-refractivity contribution >= 4 is 0 Å². The van der Waals surface area contributed by atoms with E-state index in [4.69, 9.17) is 6.42 Å². The highest BCUT2D eigenvalue weighted by Gasteiger charge is 2.30. The van der Waals surface area contributed by atoms with E-state index in [1.807, 2.05) is 0 Å². The minimum atomic E-state index is -0.928. The molecule has 0 aliphatic carbocycles. The zero-order valence-corrected chi connectivity index (χ0v) is 7.41. The molecule has 0 aromatic rings. The van der Waals surface area contributed by atoms with E-state index in [0.717, 1.165) is 19.5 Å². The molecule has 0 unspecified atom stereocenters. The Morgan fingerprint density at radius 2 is 2.08 bits per heavy atom. The van der Waals surface area contributed by atoms with Gasteiger partial charge in [0.1, 0.15) is 5.67 Å². The van der Waals surface area contributed by atoms with E-state index in [1.165, 1.54) is 0 Å². The van der Waals surface area contributed by atoms with Crippen molar-refractivity contribution in [3.05, 3.63) is 0 Å². The monoisotopic (exact) mass is 169 g/mol. The van der Waals surface area contributed by atoms with Gasteiger partial charge in [0.15, 0.2) is 0 Å². The molecule has 68 valence electrons. The summed E-state index contributed by atoms with van der Waals surface area (Å²) in [6.07, 6.45) is 8.57. The lowest BCUT2D eigenvalue weighted by Crippen LogP contribution is -2.38. The van der Waals surface area contributed by atoms with Gasteiger partial charge in [-0.1, -0.05) is 0 Å². The van der Waals surface area contributed by atoms with Crippen LogP contribution in [0.3, 0.4) is 0 Å². The van der Waals surface area contributed by atoms with Gasteiger partial charge in [0.05, 0.1) is 0 Å². The summed E-state index contributed by atoms with van der Waals surface area (Å²) < 4.78 is 13.8. The minimum Gasteiger partial charge on any atom is -0.316 e. The smallest absolute Gasteiger partial charge is 0.113 e. The number of halogens is 1. The third kappa shape index (κ3) is 2.83. The fourth-order valence-electron chi connectivity index (χ4n) is 1.63. The number of hydrogen-bond acceptors (Lipinski definition) is 1. The van der Waals surface area contributed by atoms with Gasteiger partial charge >= 0.3 is 0 Å². The standard InChI is InChI=1S/C10H16FN/c1-2-3-4-5-10(11)6-8-12-9-7-10/h1,12H,3-9H2. The van der Waals surface area contributed by atoms with E-state index < -0.39 is 5.67 Å². The van der Waals surface area contributed by atoms with E-state index in [-0.39, 0.29) is 0 Å². The predicted molar refractivity (Wildman–Crippen MR) is 48.6 cm³/mol. The summed E-state index contributed by atoms with van der Waals surface area (Å²) in [7, 11) is 0. The van der Waals surface area contributed by atoms with Crippen molar-refractivity contribution in [3.63, 3.8) is 0 Å². The summed E-state index contributed by atoms with van der Waals surface area (Å²) in [6, 6.07) is 0. The molecule has 0 bridgehead atoms. The maximum absolute atomic E-state index is 13.8. The SMILES string of the molecule is C#CCCCC1(F)CCNCC1. The number of piperidine rings is 1. The van der Waals surface area contributed by atoms with E-state index in [0.29, 0.717) is 25.7 Å². The molecule has 1 N–H and O–H groups in total. The molecule has 0 saturated carbocycles. The Morgan fingerprint density at radius 1 is 1.42 bits per heavy atom. The maximum atomic E-state index is 13.8. The van der Waals surface area contributed by atoms with Gasteiger partial charge in [0.25, 0.3) is 0 Å². The van der Waals surface area contributed by atoms with Crippen LogP contribution in [0, 0.1) is 12.3 Å². The zero-order valence-electron chi connectivity index (χ0n) is 7.41. The van der Waals surface area contributed by atoms with Crippen molar-refractivity contribution in [2.45, 2.75) is 37.8 Å².